The highest BCUT2D eigenvalue weighted by Crippen LogP contribution is 2.26. The Hall–Kier alpha value is -1.65. The van der Waals surface area contributed by atoms with Crippen LogP contribution in [0.2, 0.25) is 5.02 Å². The van der Waals surface area contributed by atoms with Crippen LogP contribution in [-0.4, -0.2) is 17.2 Å². The molecule has 100 valence electrons. The smallest absolute Gasteiger partial charge is 0.132 e. The number of methoxy groups -OCH3 is 1. The van der Waals surface area contributed by atoms with E-state index in [2.05, 4.69) is 4.98 Å². The zero-order valence-electron chi connectivity index (χ0n) is 10.3. The van der Waals surface area contributed by atoms with Crippen molar-refractivity contribution in [2.24, 2.45) is 0 Å². The third-order valence-corrected chi connectivity index (χ3v) is 3.18. The van der Waals surface area contributed by atoms with Gasteiger partial charge in [-0.3, -0.25) is 4.98 Å². The summed E-state index contributed by atoms with van der Waals surface area (Å²) < 4.78 is 18.7. The summed E-state index contributed by atoms with van der Waals surface area (Å²) in [4.78, 5) is 3.86. The van der Waals surface area contributed by atoms with E-state index < -0.39 is 11.9 Å². The Kier molecular flexibility index (Phi) is 4.35. The highest BCUT2D eigenvalue weighted by Gasteiger charge is 2.15. The highest BCUT2D eigenvalue weighted by molar-refractivity contribution is 6.31. The average Bonchev–Trinajstić information content (AvgIpc) is 2.41. The van der Waals surface area contributed by atoms with Gasteiger partial charge >= 0.3 is 0 Å². The minimum atomic E-state index is -0.967. The molecular formula is C14H13ClFNO2. The van der Waals surface area contributed by atoms with Crippen LogP contribution >= 0.6 is 11.6 Å². The summed E-state index contributed by atoms with van der Waals surface area (Å²) in [6.07, 6.45) is 2.34. The van der Waals surface area contributed by atoms with E-state index in [1.807, 2.05) is 0 Å². The van der Waals surface area contributed by atoms with E-state index in [4.69, 9.17) is 16.3 Å². The molecule has 2 rings (SSSR count). The molecule has 0 aliphatic heterocycles. The van der Waals surface area contributed by atoms with Gasteiger partial charge in [-0.15, -0.1) is 0 Å². The molecule has 0 radical (unpaired) electrons. The quantitative estimate of drug-likeness (QED) is 0.936. The number of nitrogens with zero attached hydrogens (tertiary/aromatic N) is 1. The maximum absolute atomic E-state index is 13.8. The monoisotopic (exact) mass is 281 g/mol. The van der Waals surface area contributed by atoms with Gasteiger partial charge in [0.2, 0.25) is 0 Å². The van der Waals surface area contributed by atoms with Crippen molar-refractivity contribution >= 4 is 11.6 Å². The van der Waals surface area contributed by atoms with Crippen LogP contribution in [0.4, 0.5) is 4.39 Å². The van der Waals surface area contributed by atoms with Crippen LogP contribution in [0, 0.1) is 5.82 Å². The van der Waals surface area contributed by atoms with E-state index in [0.29, 0.717) is 10.8 Å². The largest absolute Gasteiger partial charge is 0.497 e. The van der Waals surface area contributed by atoms with E-state index in [1.54, 1.807) is 18.3 Å². The van der Waals surface area contributed by atoms with Gasteiger partial charge in [0.15, 0.2) is 0 Å². The van der Waals surface area contributed by atoms with Gasteiger partial charge in [0.25, 0.3) is 0 Å². The molecule has 2 aromatic rings. The number of aromatic nitrogens is 1. The summed E-state index contributed by atoms with van der Waals surface area (Å²) in [5.41, 5.74) is 0.938. The molecule has 19 heavy (non-hydrogen) atoms. The maximum Gasteiger partial charge on any atom is 0.132 e. The van der Waals surface area contributed by atoms with Crippen molar-refractivity contribution in [3.63, 3.8) is 0 Å². The molecule has 1 heterocycles. The standard InChI is InChI=1S/C14H13ClFNO2/c1-19-10-2-3-11(13(16)7-10)14(18)6-9-4-5-17-8-12(9)15/h2-5,7-8,14,18H,6H2,1H3. The molecule has 0 amide bonds. The summed E-state index contributed by atoms with van der Waals surface area (Å²) in [5.74, 6) is -0.0903. The first-order chi connectivity index (χ1) is 9.11. The summed E-state index contributed by atoms with van der Waals surface area (Å²) in [7, 11) is 1.46. The molecule has 1 N–H and O–H groups in total. The van der Waals surface area contributed by atoms with Gasteiger partial charge in [0.1, 0.15) is 11.6 Å². The Labute approximate surface area is 115 Å². The Morgan fingerprint density at radius 1 is 1.42 bits per heavy atom. The van der Waals surface area contributed by atoms with Gasteiger partial charge < -0.3 is 9.84 Å². The number of benzene rings is 1. The minimum Gasteiger partial charge on any atom is -0.497 e. The molecule has 1 unspecified atom stereocenters. The van der Waals surface area contributed by atoms with Gasteiger partial charge in [-0.25, -0.2) is 4.39 Å². The first-order valence-electron chi connectivity index (χ1n) is 5.71. The van der Waals surface area contributed by atoms with Gasteiger partial charge in [-0.05, 0) is 23.8 Å². The SMILES string of the molecule is COc1ccc(C(O)Cc2ccncc2Cl)c(F)c1. The second-order valence-electron chi connectivity index (χ2n) is 4.07. The van der Waals surface area contributed by atoms with Gasteiger partial charge in [0, 0.05) is 30.4 Å². The lowest BCUT2D eigenvalue weighted by molar-refractivity contribution is 0.173. The van der Waals surface area contributed by atoms with E-state index in [9.17, 15) is 9.50 Å². The maximum atomic E-state index is 13.8. The number of aliphatic hydroxyl groups excluding tert-OH is 1. The summed E-state index contributed by atoms with van der Waals surface area (Å²) in [6.45, 7) is 0. The molecule has 1 atom stereocenters. The van der Waals surface area contributed by atoms with E-state index >= 15 is 0 Å². The molecule has 3 nitrogen and oxygen atoms in total. The lowest BCUT2D eigenvalue weighted by Gasteiger charge is -2.13. The Morgan fingerprint density at radius 2 is 2.21 bits per heavy atom. The fraction of sp³-hybridized carbons (Fsp3) is 0.214. The molecule has 0 bridgehead atoms. The highest BCUT2D eigenvalue weighted by atomic mass is 35.5. The van der Waals surface area contributed by atoms with E-state index in [-0.39, 0.29) is 12.0 Å². The lowest BCUT2D eigenvalue weighted by atomic mass is 10.0. The predicted octanol–water partition coefficient (Wildman–Crippen LogP) is 3.16. The first kappa shape index (κ1) is 13.8. The summed E-state index contributed by atoms with van der Waals surface area (Å²) in [6, 6.07) is 6.06. The van der Waals surface area contributed by atoms with Crippen LogP contribution in [0.15, 0.2) is 36.7 Å². The van der Waals surface area contributed by atoms with Crippen molar-refractivity contribution in [3.8, 4) is 5.75 Å². The molecule has 0 saturated heterocycles. The van der Waals surface area contributed by atoms with Crippen molar-refractivity contribution in [1.29, 1.82) is 0 Å². The molecule has 5 heteroatoms. The van der Waals surface area contributed by atoms with Crippen molar-refractivity contribution < 1.29 is 14.2 Å². The number of halogens is 2. The Bertz CT molecular complexity index is 577. The third kappa shape index (κ3) is 3.22. The van der Waals surface area contributed by atoms with Crippen LogP contribution < -0.4 is 4.74 Å². The number of rotatable bonds is 4. The van der Waals surface area contributed by atoms with Crippen molar-refractivity contribution in [3.05, 3.63) is 58.6 Å². The number of pyridine rings is 1. The number of ether oxygens (including phenoxy) is 1. The lowest BCUT2D eigenvalue weighted by Crippen LogP contribution is -2.05. The Balaban J connectivity index is 2.21. The van der Waals surface area contributed by atoms with Crippen LogP contribution in [0.1, 0.15) is 17.2 Å². The average molecular weight is 282 g/mol. The van der Waals surface area contributed by atoms with E-state index in [1.165, 1.54) is 25.4 Å². The molecule has 0 saturated carbocycles. The molecule has 1 aromatic carbocycles. The van der Waals surface area contributed by atoms with Crippen molar-refractivity contribution in [2.45, 2.75) is 12.5 Å². The molecule has 0 spiro atoms. The molecule has 0 aliphatic carbocycles. The predicted molar refractivity (Wildman–Crippen MR) is 70.9 cm³/mol. The normalized spacial score (nSPS) is 12.2. The van der Waals surface area contributed by atoms with Gasteiger partial charge in [-0.2, -0.15) is 0 Å². The summed E-state index contributed by atoms with van der Waals surface area (Å²) in [5, 5.41) is 10.5. The Morgan fingerprint density at radius 3 is 2.84 bits per heavy atom. The van der Waals surface area contributed by atoms with Crippen LogP contribution in [-0.2, 0) is 6.42 Å². The first-order valence-corrected chi connectivity index (χ1v) is 6.09. The van der Waals surface area contributed by atoms with E-state index in [0.717, 1.165) is 5.56 Å². The van der Waals surface area contributed by atoms with Crippen LogP contribution in [0.5, 0.6) is 5.75 Å². The number of aliphatic hydroxyl groups is 1. The van der Waals surface area contributed by atoms with Crippen LogP contribution in [0.3, 0.4) is 0 Å². The molecular weight excluding hydrogens is 269 g/mol. The number of hydrogen-bond donors (Lipinski definition) is 1. The second kappa shape index (κ2) is 5.99. The summed E-state index contributed by atoms with van der Waals surface area (Å²) >= 11 is 5.96. The fourth-order valence-corrected chi connectivity index (χ4v) is 1.99. The fourth-order valence-electron chi connectivity index (χ4n) is 1.79. The van der Waals surface area contributed by atoms with Crippen LogP contribution in [0.25, 0.3) is 0 Å². The van der Waals surface area contributed by atoms with Crippen molar-refractivity contribution in [2.75, 3.05) is 7.11 Å². The second-order valence-corrected chi connectivity index (χ2v) is 4.48. The zero-order valence-corrected chi connectivity index (χ0v) is 11.1. The van der Waals surface area contributed by atoms with Crippen molar-refractivity contribution in [1.82, 2.24) is 4.98 Å². The van der Waals surface area contributed by atoms with Gasteiger partial charge in [-0.1, -0.05) is 11.6 Å². The minimum absolute atomic E-state index is 0.216. The van der Waals surface area contributed by atoms with Gasteiger partial charge in [0.05, 0.1) is 18.2 Å². The molecule has 0 fully saturated rings. The zero-order chi connectivity index (χ0) is 13.8. The third-order valence-electron chi connectivity index (χ3n) is 2.84. The molecule has 0 aliphatic rings. The molecule has 1 aromatic heterocycles. The topological polar surface area (TPSA) is 42.4 Å². The number of hydrogen-bond acceptors (Lipinski definition) is 3.